The molecule has 3 aliphatic rings. The van der Waals surface area contributed by atoms with Crippen molar-refractivity contribution >= 4 is 28.3 Å². The van der Waals surface area contributed by atoms with E-state index in [0.29, 0.717) is 37.3 Å². The van der Waals surface area contributed by atoms with Crippen LogP contribution in [0.15, 0.2) is 0 Å². The van der Waals surface area contributed by atoms with E-state index in [1.54, 1.807) is 0 Å². The Morgan fingerprint density at radius 2 is 2.00 bits per heavy atom. The zero-order chi connectivity index (χ0) is 22.8. The first-order valence-electron chi connectivity index (χ1n) is 11.8. The lowest BCUT2D eigenvalue weighted by atomic mass is 9.96. The number of nitrogens with one attached hydrogen (secondary N) is 1. The summed E-state index contributed by atoms with van der Waals surface area (Å²) in [7, 11) is 0. The SMILES string of the molecule is Fc1c(Cl)nc2c3c(nc(OC[C@@H]4CCCNC[C@H](F)C4)nc13)N1CCCCCN1CCO2. The number of halogens is 3. The van der Waals surface area contributed by atoms with Gasteiger partial charge in [-0.25, -0.2) is 13.8 Å². The monoisotopic (exact) mass is 482 g/mol. The standard InChI is InChI=1S/C22H29ClF2N6O2/c23-19-17(25)18-16-20(31-8-3-1-2-7-30(31)9-10-32-21(16)28-19)29-22(27-18)33-13-14-5-4-6-26-12-15(24)11-14/h14-15,26H,1-13H2/t14-,15-/m1/s1. The van der Waals surface area contributed by atoms with Gasteiger partial charge in [0.05, 0.1) is 13.2 Å². The smallest absolute Gasteiger partial charge is 0.319 e. The highest BCUT2D eigenvalue weighted by Crippen LogP contribution is 2.38. The normalized spacial score (nSPS) is 24.6. The van der Waals surface area contributed by atoms with Gasteiger partial charge >= 0.3 is 6.01 Å². The van der Waals surface area contributed by atoms with Crippen molar-refractivity contribution < 1.29 is 18.3 Å². The average Bonchev–Trinajstić information content (AvgIpc) is 3.02. The van der Waals surface area contributed by atoms with E-state index < -0.39 is 12.0 Å². The molecular formula is C22H29ClF2N6O2. The summed E-state index contributed by atoms with van der Waals surface area (Å²) in [4.78, 5) is 13.2. The highest BCUT2D eigenvalue weighted by molar-refractivity contribution is 6.30. The number of aromatic nitrogens is 3. The van der Waals surface area contributed by atoms with Gasteiger partial charge in [-0.2, -0.15) is 15.0 Å². The Balaban J connectivity index is 1.52. The second kappa shape index (κ2) is 10.1. The molecule has 11 heteroatoms. The third-order valence-electron chi connectivity index (χ3n) is 6.50. The van der Waals surface area contributed by atoms with Crippen LogP contribution in [0.5, 0.6) is 11.9 Å². The summed E-state index contributed by atoms with van der Waals surface area (Å²) in [6.45, 7) is 4.09. The molecule has 8 nitrogen and oxygen atoms in total. The molecule has 5 heterocycles. The summed E-state index contributed by atoms with van der Waals surface area (Å²) in [6.07, 6.45) is 4.44. The Hall–Kier alpha value is -2.04. The van der Waals surface area contributed by atoms with Gasteiger partial charge < -0.3 is 14.8 Å². The molecule has 2 aromatic rings. The van der Waals surface area contributed by atoms with Crippen LogP contribution in [0.2, 0.25) is 5.15 Å². The van der Waals surface area contributed by atoms with Gasteiger partial charge in [-0.05, 0) is 44.6 Å². The van der Waals surface area contributed by atoms with Crippen LogP contribution >= 0.6 is 11.6 Å². The van der Waals surface area contributed by atoms with E-state index in [0.717, 1.165) is 51.7 Å². The lowest BCUT2D eigenvalue weighted by molar-refractivity contribution is 0.165. The second-order valence-electron chi connectivity index (χ2n) is 8.92. The van der Waals surface area contributed by atoms with Gasteiger partial charge in [0, 0.05) is 19.6 Å². The maximum atomic E-state index is 15.1. The molecule has 0 unspecified atom stereocenters. The van der Waals surface area contributed by atoms with Crippen molar-refractivity contribution in [2.75, 3.05) is 50.9 Å². The number of anilines is 1. The third-order valence-corrected chi connectivity index (χ3v) is 6.75. The minimum absolute atomic E-state index is 0.0290. The Bertz CT molecular complexity index is 999. The molecule has 0 amide bonds. The number of nitrogens with zero attached hydrogens (tertiary/aromatic N) is 5. The lowest BCUT2D eigenvalue weighted by Crippen LogP contribution is -2.46. The van der Waals surface area contributed by atoms with Crippen molar-refractivity contribution in [3.8, 4) is 11.9 Å². The van der Waals surface area contributed by atoms with E-state index >= 15 is 4.39 Å². The Morgan fingerprint density at radius 1 is 1.12 bits per heavy atom. The predicted octanol–water partition coefficient (Wildman–Crippen LogP) is 3.52. The fraction of sp³-hybridized carbons (Fsp3) is 0.682. The number of hydrogen-bond acceptors (Lipinski definition) is 8. The first-order valence-corrected chi connectivity index (χ1v) is 12.2. The van der Waals surface area contributed by atoms with Crippen LogP contribution in [0, 0.1) is 11.7 Å². The summed E-state index contributed by atoms with van der Waals surface area (Å²) in [5.74, 6) is 0.0630. The average molecular weight is 483 g/mol. The van der Waals surface area contributed by atoms with Crippen LogP contribution in [0.1, 0.15) is 38.5 Å². The number of hydrazine groups is 1. The molecule has 0 aromatic carbocycles. The fourth-order valence-corrected chi connectivity index (χ4v) is 4.99. The van der Waals surface area contributed by atoms with Crippen LogP contribution in [0.25, 0.3) is 10.9 Å². The highest BCUT2D eigenvalue weighted by Gasteiger charge is 2.30. The predicted molar refractivity (Wildman–Crippen MR) is 121 cm³/mol. The van der Waals surface area contributed by atoms with E-state index in [4.69, 9.17) is 26.1 Å². The highest BCUT2D eigenvalue weighted by atomic mass is 35.5. The molecule has 0 bridgehead atoms. The van der Waals surface area contributed by atoms with E-state index in [1.165, 1.54) is 0 Å². The molecule has 2 aromatic heterocycles. The van der Waals surface area contributed by atoms with E-state index in [2.05, 4.69) is 25.3 Å². The van der Waals surface area contributed by atoms with E-state index in [1.807, 2.05) is 0 Å². The maximum Gasteiger partial charge on any atom is 0.319 e. The van der Waals surface area contributed by atoms with Crippen LogP contribution in [-0.2, 0) is 0 Å². The number of pyridine rings is 1. The molecule has 2 fully saturated rings. The van der Waals surface area contributed by atoms with Crippen molar-refractivity contribution in [1.82, 2.24) is 25.3 Å². The Labute approximate surface area is 196 Å². The Kier molecular flexibility index (Phi) is 6.94. The molecular weight excluding hydrogens is 454 g/mol. The molecule has 0 spiro atoms. The van der Waals surface area contributed by atoms with Gasteiger partial charge in [-0.3, -0.25) is 5.01 Å². The second-order valence-corrected chi connectivity index (χ2v) is 9.28. The van der Waals surface area contributed by atoms with Crippen LogP contribution < -0.4 is 19.8 Å². The molecule has 1 N–H and O–H groups in total. The fourth-order valence-electron chi connectivity index (χ4n) is 4.83. The first-order chi connectivity index (χ1) is 16.1. The van der Waals surface area contributed by atoms with Crippen molar-refractivity contribution in [1.29, 1.82) is 0 Å². The quantitative estimate of drug-likeness (QED) is 0.666. The van der Waals surface area contributed by atoms with Gasteiger partial charge in [0.2, 0.25) is 5.88 Å². The lowest BCUT2D eigenvalue weighted by Gasteiger charge is -2.36. The molecule has 2 saturated heterocycles. The number of rotatable bonds is 3. The summed E-state index contributed by atoms with van der Waals surface area (Å²) >= 11 is 6.07. The summed E-state index contributed by atoms with van der Waals surface area (Å²) in [6, 6.07) is 0.0602. The first kappa shape index (κ1) is 22.7. The number of alkyl halides is 1. The Morgan fingerprint density at radius 3 is 2.91 bits per heavy atom. The van der Waals surface area contributed by atoms with Crippen LogP contribution in [0.4, 0.5) is 14.6 Å². The molecule has 5 rings (SSSR count). The van der Waals surface area contributed by atoms with Crippen molar-refractivity contribution in [2.45, 2.75) is 44.7 Å². The molecule has 0 aliphatic carbocycles. The molecule has 33 heavy (non-hydrogen) atoms. The molecule has 0 radical (unpaired) electrons. The summed E-state index contributed by atoms with van der Waals surface area (Å²) < 4.78 is 41.1. The zero-order valence-electron chi connectivity index (χ0n) is 18.5. The molecule has 3 aliphatic heterocycles. The minimum Gasteiger partial charge on any atom is -0.476 e. The summed E-state index contributed by atoms with van der Waals surface area (Å²) in [5, 5.41) is 7.47. The zero-order valence-corrected chi connectivity index (χ0v) is 19.3. The van der Waals surface area contributed by atoms with Crippen LogP contribution in [-0.4, -0.2) is 72.1 Å². The van der Waals surface area contributed by atoms with Crippen molar-refractivity contribution in [3.63, 3.8) is 0 Å². The molecule has 0 saturated carbocycles. The van der Waals surface area contributed by atoms with Gasteiger partial charge in [0.15, 0.2) is 16.8 Å². The van der Waals surface area contributed by atoms with Gasteiger partial charge in [-0.1, -0.05) is 18.0 Å². The third kappa shape index (κ3) is 4.93. The van der Waals surface area contributed by atoms with Crippen LogP contribution in [0.3, 0.4) is 0 Å². The molecule has 2 atom stereocenters. The van der Waals surface area contributed by atoms with Gasteiger partial charge in [0.25, 0.3) is 0 Å². The number of hydrogen-bond donors (Lipinski definition) is 1. The number of fused-ring (bicyclic) bond motifs is 2. The van der Waals surface area contributed by atoms with E-state index in [-0.39, 0.29) is 35.1 Å². The number of ether oxygens (including phenoxy) is 2. The summed E-state index contributed by atoms with van der Waals surface area (Å²) in [5.41, 5.74) is 0.0290. The van der Waals surface area contributed by atoms with Crippen molar-refractivity contribution in [3.05, 3.63) is 11.0 Å². The largest absolute Gasteiger partial charge is 0.476 e. The van der Waals surface area contributed by atoms with Gasteiger partial charge in [0.1, 0.15) is 23.7 Å². The topological polar surface area (TPSA) is 75.6 Å². The van der Waals surface area contributed by atoms with E-state index in [9.17, 15) is 4.39 Å². The molecule has 180 valence electrons. The minimum atomic E-state index is -0.919. The maximum absolute atomic E-state index is 15.1. The van der Waals surface area contributed by atoms with Gasteiger partial charge in [-0.15, -0.1) is 0 Å². The van der Waals surface area contributed by atoms with Crippen molar-refractivity contribution in [2.24, 2.45) is 5.92 Å².